The van der Waals surface area contributed by atoms with E-state index in [9.17, 15) is 13.2 Å². The summed E-state index contributed by atoms with van der Waals surface area (Å²) in [7, 11) is -3.77. The Labute approximate surface area is 123 Å². The summed E-state index contributed by atoms with van der Waals surface area (Å²) < 4.78 is 27.8. The van der Waals surface area contributed by atoms with Crippen molar-refractivity contribution in [3.05, 3.63) is 53.0 Å². The lowest BCUT2D eigenvalue weighted by molar-refractivity contribution is 0.0947. The first-order valence-corrected chi connectivity index (χ1v) is 7.79. The highest BCUT2D eigenvalue weighted by Crippen LogP contribution is 2.14. The van der Waals surface area contributed by atoms with Crippen LogP contribution in [-0.4, -0.2) is 14.3 Å². The third kappa shape index (κ3) is 3.71. The van der Waals surface area contributed by atoms with Crippen molar-refractivity contribution in [2.24, 2.45) is 5.14 Å². The summed E-state index contributed by atoms with van der Waals surface area (Å²) in [5.74, 6) is 1.12. The molecule has 7 heteroatoms. The molecule has 0 unspecified atom stereocenters. The van der Waals surface area contributed by atoms with Crippen LogP contribution in [0.3, 0.4) is 0 Å². The highest BCUT2D eigenvalue weighted by molar-refractivity contribution is 7.89. The van der Waals surface area contributed by atoms with Gasteiger partial charge in [-0.15, -0.1) is 0 Å². The van der Waals surface area contributed by atoms with Crippen LogP contribution in [0.15, 0.2) is 39.6 Å². The first kappa shape index (κ1) is 15.3. The molecule has 0 aliphatic rings. The topological polar surface area (TPSA) is 102 Å². The highest BCUT2D eigenvalue weighted by atomic mass is 32.2. The van der Waals surface area contributed by atoms with Crippen LogP contribution in [0.4, 0.5) is 0 Å². The smallest absolute Gasteiger partial charge is 0.251 e. The molecule has 0 radical (unpaired) electrons. The van der Waals surface area contributed by atoms with Crippen molar-refractivity contribution in [2.75, 3.05) is 0 Å². The van der Waals surface area contributed by atoms with Crippen LogP contribution in [-0.2, 0) is 16.6 Å². The van der Waals surface area contributed by atoms with Gasteiger partial charge in [-0.05, 0) is 49.7 Å². The number of rotatable bonds is 4. The number of amides is 1. The van der Waals surface area contributed by atoms with Crippen molar-refractivity contribution in [2.45, 2.75) is 25.3 Å². The maximum absolute atomic E-state index is 12.1. The number of hydrogen-bond donors (Lipinski definition) is 2. The molecule has 0 saturated heterocycles. The SMILES string of the molecule is Cc1ccc(CNC(=O)c2ccc(S(N)(=O)=O)cc2C)o1. The molecule has 2 aromatic rings. The van der Waals surface area contributed by atoms with Gasteiger partial charge >= 0.3 is 0 Å². The first-order valence-electron chi connectivity index (χ1n) is 6.24. The Kier molecular flexibility index (Phi) is 4.15. The number of nitrogens with one attached hydrogen (secondary N) is 1. The minimum atomic E-state index is -3.77. The number of sulfonamides is 1. The molecule has 6 nitrogen and oxygen atoms in total. The third-order valence-corrected chi connectivity index (χ3v) is 3.90. The fraction of sp³-hybridized carbons (Fsp3) is 0.214. The molecule has 2 rings (SSSR count). The van der Waals surface area contributed by atoms with Gasteiger partial charge < -0.3 is 9.73 Å². The van der Waals surface area contributed by atoms with E-state index in [2.05, 4.69) is 5.32 Å². The normalized spacial score (nSPS) is 11.4. The quantitative estimate of drug-likeness (QED) is 0.892. The van der Waals surface area contributed by atoms with Gasteiger partial charge in [-0.1, -0.05) is 0 Å². The molecule has 1 amide bonds. The summed E-state index contributed by atoms with van der Waals surface area (Å²) in [4.78, 5) is 12.1. The monoisotopic (exact) mass is 308 g/mol. The molecule has 112 valence electrons. The van der Waals surface area contributed by atoms with Crippen LogP contribution in [0.5, 0.6) is 0 Å². The summed E-state index contributed by atoms with van der Waals surface area (Å²) in [5, 5.41) is 7.76. The largest absolute Gasteiger partial charge is 0.465 e. The summed E-state index contributed by atoms with van der Waals surface area (Å²) in [6.07, 6.45) is 0. The van der Waals surface area contributed by atoms with Crippen molar-refractivity contribution in [1.82, 2.24) is 5.32 Å². The molecular weight excluding hydrogens is 292 g/mol. The van der Waals surface area contributed by atoms with Crippen LogP contribution in [0.25, 0.3) is 0 Å². The second-order valence-electron chi connectivity index (χ2n) is 4.72. The van der Waals surface area contributed by atoms with Crippen molar-refractivity contribution >= 4 is 15.9 Å². The lowest BCUT2D eigenvalue weighted by Gasteiger charge is -2.08. The maximum Gasteiger partial charge on any atom is 0.251 e. The molecule has 0 saturated carbocycles. The fourth-order valence-corrected chi connectivity index (χ4v) is 2.51. The number of hydrogen-bond acceptors (Lipinski definition) is 4. The van der Waals surface area contributed by atoms with Crippen LogP contribution >= 0.6 is 0 Å². The Balaban J connectivity index is 2.12. The fourth-order valence-electron chi connectivity index (χ4n) is 1.91. The number of carbonyl (C=O) groups is 1. The molecule has 0 aliphatic carbocycles. The Morgan fingerprint density at radius 2 is 1.95 bits per heavy atom. The van der Waals surface area contributed by atoms with Crippen LogP contribution in [0.1, 0.15) is 27.4 Å². The third-order valence-electron chi connectivity index (χ3n) is 2.99. The zero-order valence-corrected chi connectivity index (χ0v) is 12.5. The van der Waals surface area contributed by atoms with E-state index in [1.807, 2.05) is 13.0 Å². The van der Waals surface area contributed by atoms with Gasteiger partial charge in [0, 0.05) is 5.56 Å². The molecule has 0 aliphatic heterocycles. The van der Waals surface area contributed by atoms with Gasteiger partial charge in [-0.25, -0.2) is 13.6 Å². The minimum Gasteiger partial charge on any atom is -0.465 e. The van der Waals surface area contributed by atoms with Gasteiger partial charge in [0.25, 0.3) is 5.91 Å². The van der Waals surface area contributed by atoms with E-state index in [-0.39, 0.29) is 17.3 Å². The van der Waals surface area contributed by atoms with Gasteiger partial charge in [0.2, 0.25) is 10.0 Å². The van der Waals surface area contributed by atoms with Crippen LogP contribution in [0, 0.1) is 13.8 Å². The molecule has 1 heterocycles. The molecular formula is C14H16N2O4S. The lowest BCUT2D eigenvalue weighted by Crippen LogP contribution is -2.23. The Hall–Kier alpha value is -2.12. The predicted octanol–water partition coefficient (Wildman–Crippen LogP) is 1.47. The predicted molar refractivity (Wildman–Crippen MR) is 77.2 cm³/mol. The van der Waals surface area contributed by atoms with Crippen LogP contribution < -0.4 is 10.5 Å². The maximum atomic E-state index is 12.1. The van der Waals surface area contributed by atoms with E-state index in [0.717, 1.165) is 5.76 Å². The standard InChI is InChI=1S/C14H16N2O4S/c1-9-7-12(21(15,18)19)5-6-13(9)14(17)16-8-11-4-3-10(2)20-11/h3-7H,8H2,1-2H3,(H,16,17)(H2,15,18,19). The summed E-state index contributed by atoms with van der Waals surface area (Å²) in [5.41, 5.74) is 0.931. The number of carbonyl (C=O) groups excluding carboxylic acids is 1. The van der Waals surface area contributed by atoms with Crippen molar-refractivity contribution in [3.8, 4) is 0 Å². The van der Waals surface area contributed by atoms with Gasteiger partial charge in [-0.3, -0.25) is 4.79 Å². The number of nitrogens with two attached hydrogens (primary N) is 1. The molecule has 0 spiro atoms. The summed E-state index contributed by atoms with van der Waals surface area (Å²) >= 11 is 0. The second kappa shape index (κ2) is 5.71. The zero-order valence-electron chi connectivity index (χ0n) is 11.7. The van der Waals surface area contributed by atoms with Gasteiger partial charge in [-0.2, -0.15) is 0 Å². The minimum absolute atomic E-state index is 0.0155. The van der Waals surface area contributed by atoms with Gasteiger partial charge in [0.05, 0.1) is 11.4 Å². The van der Waals surface area contributed by atoms with E-state index < -0.39 is 10.0 Å². The van der Waals surface area contributed by atoms with Gasteiger partial charge in [0.15, 0.2) is 0 Å². The zero-order chi connectivity index (χ0) is 15.6. The van der Waals surface area contributed by atoms with E-state index in [1.54, 1.807) is 13.0 Å². The molecule has 0 bridgehead atoms. The second-order valence-corrected chi connectivity index (χ2v) is 6.28. The number of primary sulfonamides is 1. The number of furan rings is 1. The average Bonchev–Trinajstić information content (AvgIpc) is 2.80. The van der Waals surface area contributed by atoms with Crippen molar-refractivity contribution in [3.63, 3.8) is 0 Å². The Morgan fingerprint density at radius 3 is 2.48 bits per heavy atom. The van der Waals surface area contributed by atoms with E-state index >= 15 is 0 Å². The Bertz CT molecular complexity index is 778. The molecule has 21 heavy (non-hydrogen) atoms. The molecule has 0 atom stereocenters. The average molecular weight is 308 g/mol. The van der Waals surface area contributed by atoms with E-state index in [0.29, 0.717) is 16.9 Å². The number of aryl methyl sites for hydroxylation is 2. The first-order chi connectivity index (χ1) is 9.77. The molecule has 1 aromatic heterocycles. The lowest BCUT2D eigenvalue weighted by atomic mass is 10.1. The number of benzene rings is 1. The van der Waals surface area contributed by atoms with Crippen LogP contribution in [0.2, 0.25) is 0 Å². The van der Waals surface area contributed by atoms with E-state index in [4.69, 9.17) is 9.56 Å². The summed E-state index contributed by atoms with van der Waals surface area (Å²) in [6, 6.07) is 7.73. The van der Waals surface area contributed by atoms with Crippen molar-refractivity contribution < 1.29 is 17.6 Å². The highest BCUT2D eigenvalue weighted by Gasteiger charge is 2.14. The molecule has 3 N–H and O–H groups in total. The van der Waals surface area contributed by atoms with Crippen molar-refractivity contribution in [1.29, 1.82) is 0 Å². The Morgan fingerprint density at radius 1 is 1.24 bits per heavy atom. The molecule has 0 fully saturated rings. The summed E-state index contributed by atoms with van der Waals surface area (Å²) in [6.45, 7) is 3.74. The van der Waals surface area contributed by atoms with E-state index in [1.165, 1.54) is 18.2 Å². The molecule has 1 aromatic carbocycles. The van der Waals surface area contributed by atoms with Gasteiger partial charge in [0.1, 0.15) is 11.5 Å².